The number of carbonyl (C=O) groups is 1. The lowest BCUT2D eigenvalue weighted by Gasteiger charge is -2.10. The summed E-state index contributed by atoms with van der Waals surface area (Å²) < 4.78 is 7.57. The number of benzene rings is 3. The molecular weight excluding hydrogens is 529 g/mol. The van der Waals surface area contributed by atoms with E-state index in [0.29, 0.717) is 33.7 Å². The summed E-state index contributed by atoms with van der Waals surface area (Å²) in [6.45, 7) is 1.89. The van der Waals surface area contributed by atoms with Gasteiger partial charge in [0.1, 0.15) is 11.6 Å². The smallest absolute Gasteiger partial charge is 0.345 e. The molecule has 0 aliphatic heterocycles. The second-order valence-corrected chi connectivity index (χ2v) is 8.72. The lowest BCUT2D eigenvalue weighted by atomic mass is 10.2. The van der Waals surface area contributed by atoms with Crippen LogP contribution in [0, 0.1) is 0 Å². The molecule has 0 atom stereocenters. The van der Waals surface area contributed by atoms with Crippen molar-refractivity contribution in [3.05, 3.63) is 102 Å². The number of ether oxygens (including phenoxy) is 1. The highest BCUT2D eigenvalue weighted by Gasteiger charge is 2.16. The quantitative estimate of drug-likeness (QED) is 0.172. The van der Waals surface area contributed by atoms with Crippen molar-refractivity contribution in [2.75, 3.05) is 0 Å². The van der Waals surface area contributed by atoms with Gasteiger partial charge in [0.05, 0.1) is 27.7 Å². The van der Waals surface area contributed by atoms with E-state index in [4.69, 9.17) is 27.9 Å². The third kappa shape index (κ3) is 5.00. The van der Waals surface area contributed by atoms with Gasteiger partial charge in [-0.2, -0.15) is 9.78 Å². The number of para-hydroxylation sites is 1. The molecule has 0 bridgehead atoms. The topological polar surface area (TPSA) is 73.6 Å². The number of hydrogen-bond acceptors (Lipinski definition) is 5. The molecule has 166 valence electrons. The molecule has 4 rings (SSSR count). The summed E-state index contributed by atoms with van der Waals surface area (Å²) in [6, 6.07) is 16.7. The van der Waals surface area contributed by atoms with Gasteiger partial charge < -0.3 is 4.74 Å². The first-order valence-corrected chi connectivity index (χ1v) is 11.4. The Morgan fingerprint density at radius 2 is 1.94 bits per heavy atom. The van der Waals surface area contributed by atoms with Crippen molar-refractivity contribution in [3.63, 3.8) is 0 Å². The van der Waals surface area contributed by atoms with E-state index in [-0.39, 0.29) is 21.9 Å². The van der Waals surface area contributed by atoms with Crippen LogP contribution in [0.5, 0.6) is 5.75 Å². The van der Waals surface area contributed by atoms with Gasteiger partial charge in [0.25, 0.3) is 5.56 Å². The molecule has 0 aliphatic carbocycles. The van der Waals surface area contributed by atoms with Crippen LogP contribution >= 0.6 is 39.1 Å². The van der Waals surface area contributed by atoms with Crippen molar-refractivity contribution in [2.24, 2.45) is 5.10 Å². The van der Waals surface area contributed by atoms with E-state index in [1.165, 1.54) is 23.0 Å². The highest BCUT2D eigenvalue weighted by atomic mass is 79.9. The minimum atomic E-state index is -0.646. The lowest BCUT2D eigenvalue weighted by Crippen LogP contribution is -2.22. The summed E-state index contributed by atoms with van der Waals surface area (Å²) in [7, 11) is 0. The van der Waals surface area contributed by atoms with Gasteiger partial charge in [0.15, 0.2) is 0 Å². The molecule has 0 amide bonds. The number of aryl methyl sites for hydroxylation is 1. The molecule has 0 N–H and O–H groups in total. The van der Waals surface area contributed by atoms with Gasteiger partial charge in [0, 0.05) is 21.5 Å². The van der Waals surface area contributed by atoms with E-state index in [2.05, 4.69) is 26.0 Å². The first-order valence-electron chi connectivity index (χ1n) is 9.89. The molecule has 4 aromatic rings. The molecule has 0 spiro atoms. The Hall–Kier alpha value is -3.00. The number of hydrogen-bond donors (Lipinski definition) is 0. The third-order valence-corrected chi connectivity index (χ3v) is 5.82. The molecule has 0 saturated heterocycles. The Balaban J connectivity index is 1.72. The van der Waals surface area contributed by atoms with Crippen LogP contribution in [0.3, 0.4) is 0 Å². The third-order valence-electron chi connectivity index (χ3n) is 4.77. The van der Waals surface area contributed by atoms with E-state index < -0.39 is 5.97 Å². The lowest BCUT2D eigenvalue weighted by molar-refractivity contribution is 0.0734. The Kier molecular flexibility index (Phi) is 6.93. The van der Waals surface area contributed by atoms with Crippen molar-refractivity contribution < 1.29 is 9.53 Å². The number of aromatic nitrogens is 2. The van der Waals surface area contributed by atoms with Crippen LogP contribution in [0.4, 0.5) is 0 Å². The standard InChI is InChI=1S/C24H16BrCl2N3O3/c1-2-22-29-20-6-4-3-5-18(20)23(31)30(22)28-13-14-11-15(25)7-10-21(14)33-24(32)17-9-8-16(26)12-19(17)27/h3-13H,2H2,1H3. The van der Waals surface area contributed by atoms with Gasteiger partial charge in [-0.25, -0.2) is 9.78 Å². The number of rotatable bonds is 5. The zero-order valence-electron chi connectivity index (χ0n) is 17.3. The van der Waals surface area contributed by atoms with E-state index in [9.17, 15) is 9.59 Å². The van der Waals surface area contributed by atoms with Gasteiger partial charge in [-0.3, -0.25) is 4.79 Å². The number of carbonyl (C=O) groups excluding carboxylic acids is 1. The SMILES string of the molecule is CCc1nc2ccccc2c(=O)n1N=Cc1cc(Br)ccc1OC(=O)c1ccc(Cl)cc1Cl. The van der Waals surface area contributed by atoms with Crippen LogP contribution in [0.25, 0.3) is 10.9 Å². The summed E-state index contributed by atoms with van der Waals surface area (Å²) in [5.41, 5.74) is 0.984. The summed E-state index contributed by atoms with van der Waals surface area (Å²) in [5, 5.41) is 5.42. The first kappa shape index (κ1) is 23.2. The second-order valence-electron chi connectivity index (χ2n) is 6.96. The predicted molar refractivity (Wildman–Crippen MR) is 134 cm³/mol. The molecule has 9 heteroatoms. The summed E-state index contributed by atoms with van der Waals surface area (Å²) in [6.07, 6.45) is 1.96. The maximum atomic E-state index is 13.0. The molecule has 1 aromatic heterocycles. The van der Waals surface area contributed by atoms with E-state index in [1.54, 1.807) is 42.5 Å². The molecule has 1 heterocycles. The molecule has 0 unspecified atom stereocenters. The normalized spacial score (nSPS) is 11.3. The van der Waals surface area contributed by atoms with Gasteiger partial charge in [-0.15, -0.1) is 0 Å². The highest BCUT2D eigenvalue weighted by molar-refractivity contribution is 9.10. The van der Waals surface area contributed by atoms with Crippen LogP contribution in [0.15, 0.2) is 75.0 Å². The fraction of sp³-hybridized carbons (Fsp3) is 0.0833. The van der Waals surface area contributed by atoms with Gasteiger partial charge >= 0.3 is 5.97 Å². The number of esters is 1. The van der Waals surface area contributed by atoms with Crippen molar-refractivity contribution in [2.45, 2.75) is 13.3 Å². The maximum Gasteiger partial charge on any atom is 0.345 e. The molecular formula is C24H16BrCl2N3O3. The average Bonchev–Trinajstić information content (AvgIpc) is 2.79. The van der Waals surface area contributed by atoms with Crippen molar-refractivity contribution in [3.8, 4) is 5.75 Å². The van der Waals surface area contributed by atoms with Crippen molar-refractivity contribution in [1.29, 1.82) is 0 Å². The zero-order valence-corrected chi connectivity index (χ0v) is 20.4. The summed E-state index contributed by atoms with van der Waals surface area (Å²) in [5.74, 6) is 0.113. The maximum absolute atomic E-state index is 13.0. The minimum absolute atomic E-state index is 0.176. The summed E-state index contributed by atoms with van der Waals surface area (Å²) >= 11 is 15.4. The van der Waals surface area contributed by atoms with Crippen molar-refractivity contribution in [1.82, 2.24) is 9.66 Å². The van der Waals surface area contributed by atoms with Crippen LogP contribution < -0.4 is 10.3 Å². The van der Waals surface area contributed by atoms with Crippen LogP contribution in [-0.4, -0.2) is 21.8 Å². The number of fused-ring (bicyclic) bond motifs is 1. The Morgan fingerprint density at radius 3 is 2.70 bits per heavy atom. The van der Waals surface area contributed by atoms with Gasteiger partial charge in [0.2, 0.25) is 0 Å². The van der Waals surface area contributed by atoms with Gasteiger partial charge in [-0.1, -0.05) is 58.2 Å². The first-order chi connectivity index (χ1) is 15.9. The highest BCUT2D eigenvalue weighted by Crippen LogP contribution is 2.26. The minimum Gasteiger partial charge on any atom is -0.422 e. The molecule has 33 heavy (non-hydrogen) atoms. The van der Waals surface area contributed by atoms with E-state index in [0.717, 1.165) is 4.47 Å². The second kappa shape index (κ2) is 9.87. The Labute approximate surface area is 207 Å². The van der Waals surface area contributed by atoms with E-state index in [1.807, 2.05) is 13.0 Å². The fourth-order valence-corrected chi connectivity index (χ4v) is 4.02. The van der Waals surface area contributed by atoms with Crippen LogP contribution in [0.2, 0.25) is 10.0 Å². The van der Waals surface area contributed by atoms with Crippen LogP contribution in [-0.2, 0) is 6.42 Å². The molecule has 0 radical (unpaired) electrons. The average molecular weight is 545 g/mol. The Morgan fingerprint density at radius 1 is 1.15 bits per heavy atom. The van der Waals surface area contributed by atoms with Gasteiger partial charge in [-0.05, 0) is 48.5 Å². The molecule has 0 saturated carbocycles. The number of halogens is 3. The monoisotopic (exact) mass is 543 g/mol. The molecule has 6 nitrogen and oxygen atoms in total. The largest absolute Gasteiger partial charge is 0.422 e. The number of nitrogens with zero attached hydrogens (tertiary/aromatic N) is 3. The Bertz CT molecular complexity index is 1470. The van der Waals surface area contributed by atoms with Crippen LogP contribution in [0.1, 0.15) is 28.7 Å². The summed E-state index contributed by atoms with van der Waals surface area (Å²) in [4.78, 5) is 30.2. The fourth-order valence-electron chi connectivity index (χ4n) is 3.16. The predicted octanol–water partition coefficient (Wildman–Crippen LogP) is 6.13. The zero-order chi connectivity index (χ0) is 23.5. The van der Waals surface area contributed by atoms with Crippen molar-refractivity contribution >= 4 is 62.2 Å². The van der Waals surface area contributed by atoms with E-state index >= 15 is 0 Å². The molecule has 0 aliphatic rings. The molecule has 0 fully saturated rings. The molecule has 3 aromatic carbocycles.